The van der Waals surface area contributed by atoms with Crippen molar-refractivity contribution in [1.29, 1.82) is 0 Å². The highest BCUT2D eigenvalue weighted by atomic mass is 16.1. The highest BCUT2D eigenvalue weighted by Crippen LogP contribution is 2.16. The van der Waals surface area contributed by atoms with E-state index in [1.807, 2.05) is 30.3 Å². The maximum atomic E-state index is 11.2. The summed E-state index contributed by atoms with van der Waals surface area (Å²) >= 11 is 0. The number of hydrogen-bond donors (Lipinski definition) is 0. The van der Waals surface area contributed by atoms with E-state index in [1.54, 1.807) is 12.4 Å². The number of benzene rings is 1. The van der Waals surface area contributed by atoms with Gasteiger partial charge in [-0.3, -0.25) is 9.36 Å². The van der Waals surface area contributed by atoms with Crippen LogP contribution in [0.15, 0.2) is 42.7 Å². The zero-order valence-corrected chi connectivity index (χ0v) is 7.84. The van der Waals surface area contributed by atoms with Crippen molar-refractivity contribution in [3.05, 3.63) is 42.7 Å². The Labute approximate surface area is 82.0 Å². The first-order valence-electron chi connectivity index (χ1n) is 4.39. The zero-order valence-electron chi connectivity index (χ0n) is 7.84. The number of aromatic nitrogens is 2. The second kappa shape index (κ2) is 3.46. The third-order valence-electron chi connectivity index (χ3n) is 2.01. The third-order valence-corrected chi connectivity index (χ3v) is 2.01. The quantitative estimate of drug-likeness (QED) is 0.684. The number of carbonyl (C=O) groups excluding carboxylic acids is 1. The topological polar surface area (TPSA) is 34.9 Å². The molecule has 0 N–H and O–H groups in total. The summed E-state index contributed by atoms with van der Waals surface area (Å²) in [5, 5.41) is 0. The van der Waals surface area contributed by atoms with Crippen LogP contribution in [0.4, 0.5) is 0 Å². The minimum Gasteiger partial charge on any atom is -0.274 e. The summed E-state index contributed by atoms with van der Waals surface area (Å²) in [4.78, 5) is 15.4. The van der Waals surface area contributed by atoms with Gasteiger partial charge in [0.05, 0.1) is 0 Å². The van der Waals surface area contributed by atoms with Crippen molar-refractivity contribution in [2.75, 3.05) is 0 Å². The summed E-state index contributed by atoms with van der Waals surface area (Å²) in [6.07, 6.45) is 3.30. The largest absolute Gasteiger partial charge is 0.274 e. The second-order valence-electron chi connectivity index (χ2n) is 3.01. The number of nitrogens with zero attached hydrogens (tertiary/aromatic N) is 2. The van der Waals surface area contributed by atoms with Crippen molar-refractivity contribution in [2.24, 2.45) is 0 Å². The van der Waals surface area contributed by atoms with Crippen molar-refractivity contribution in [1.82, 2.24) is 9.55 Å². The van der Waals surface area contributed by atoms with E-state index in [4.69, 9.17) is 0 Å². The van der Waals surface area contributed by atoms with Crippen LogP contribution in [0.25, 0.3) is 11.4 Å². The Morgan fingerprint density at radius 2 is 2.00 bits per heavy atom. The Bertz CT molecular complexity index is 445. The molecule has 1 aromatic heterocycles. The van der Waals surface area contributed by atoms with Gasteiger partial charge in [-0.25, -0.2) is 4.98 Å². The van der Waals surface area contributed by atoms with Gasteiger partial charge >= 0.3 is 0 Å². The molecule has 0 fully saturated rings. The highest BCUT2D eigenvalue weighted by Gasteiger charge is 2.07. The van der Waals surface area contributed by atoms with Crippen molar-refractivity contribution in [3.8, 4) is 11.4 Å². The molecule has 0 amide bonds. The SMILES string of the molecule is CC(=O)n1ccnc1-c1ccccc1. The van der Waals surface area contributed by atoms with Gasteiger partial charge in [0.1, 0.15) is 5.82 Å². The maximum Gasteiger partial charge on any atom is 0.229 e. The van der Waals surface area contributed by atoms with Crippen molar-refractivity contribution in [3.63, 3.8) is 0 Å². The molecular weight excluding hydrogens is 176 g/mol. The smallest absolute Gasteiger partial charge is 0.229 e. The molecule has 3 heteroatoms. The maximum absolute atomic E-state index is 11.2. The van der Waals surface area contributed by atoms with Crippen LogP contribution in [-0.4, -0.2) is 15.5 Å². The molecular formula is C11H10N2O. The number of rotatable bonds is 1. The van der Waals surface area contributed by atoms with E-state index in [0.29, 0.717) is 5.82 Å². The normalized spacial score (nSPS) is 10.1. The van der Waals surface area contributed by atoms with Crippen LogP contribution in [0, 0.1) is 0 Å². The highest BCUT2D eigenvalue weighted by molar-refractivity contribution is 5.80. The van der Waals surface area contributed by atoms with E-state index in [-0.39, 0.29) is 5.91 Å². The van der Waals surface area contributed by atoms with E-state index in [1.165, 1.54) is 11.5 Å². The molecule has 0 saturated heterocycles. The Morgan fingerprint density at radius 3 is 2.64 bits per heavy atom. The molecule has 0 saturated carbocycles. The van der Waals surface area contributed by atoms with Crippen LogP contribution in [0.2, 0.25) is 0 Å². The summed E-state index contributed by atoms with van der Waals surface area (Å²) in [5.41, 5.74) is 0.952. The molecule has 0 atom stereocenters. The molecule has 14 heavy (non-hydrogen) atoms. The second-order valence-corrected chi connectivity index (χ2v) is 3.01. The summed E-state index contributed by atoms with van der Waals surface area (Å²) in [6, 6.07) is 9.65. The molecule has 0 spiro atoms. The first-order chi connectivity index (χ1) is 6.79. The molecule has 3 nitrogen and oxygen atoms in total. The van der Waals surface area contributed by atoms with Crippen LogP contribution in [0.5, 0.6) is 0 Å². The van der Waals surface area contributed by atoms with E-state index < -0.39 is 0 Å². The Morgan fingerprint density at radius 1 is 1.29 bits per heavy atom. The lowest BCUT2D eigenvalue weighted by atomic mass is 10.2. The minimum absolute atomic E-state index is 0.0265. The van der Waals surface area contributed by atoms with E-state index >= 15 is 0 Å². The molecule has 0 radical (unpaired) electrons. The fraction of sp³-hybridized carbons (Fsp3) is 0.0909. The van der Waals surface area contributed by atoms with Gasteiger partial charge < -0.3 is 0 Å². The van der Waals surface area contributed by atoms with Gasteiger partial charge in [0.2, 0.25) is 5.91 Å². The van der Waals surface area contributed by atoms with E-state index in [0.717, 1.165) is 5.56 Å². The molecule has 0 aliphatic carbocycles. The molecule has 0 aliphatic heterocycles. The van der Waals surface area contributed by atoms with E-state index in [2.05, 4.69) is 4.98 Å². The number of imidazole rings is 1. The van der Waals surface area contributed by atoms with Crippen LogP contribution >= 0.6 is 0 Å². The molecule has 0 bridgehead atoms. The minimum atomic E-state index is -0.0265. The Kier molecular flexibility index (Phi) is 2.14. The molecule has 2 aromatic rings. The van der Waals surface area contributed by atoms with Gasteiger partial charge in [0.15, 0.2) is 0 Å². The third kappa shape index (κ3) is 1.44. The van der Waals surface area contributed by atoms with Gasteiger partial charge in [-0.15, -0.1) is 0 Å². The van der Waals surface area contributed by atoms with Crippen LogP contribution in [-0.2, 0) is 0 Å². The van der Waals surface area contributed by atoms with Crippen LogP contribution < -0.4 is 0 Å². The number of carbonyl (C=O) groups is 1. The Hall–Kier alpha value is -1.90. The summed E-state index contributed by atoms with van der Waals surface area (Å²) in [7, 11) is 0. The summed E-state index contributed by atoms with van der Waals surface area (Å²) < 4.78 is 1.54. The Balaban J connectivity index is 2.52. The van der Waals surface area contributed by atoms with Crippen molar-refractivity contribution < 1.29 is 4.79 Å². The molecule has 0 unspecified atom stereocenters. The van der Waals surface area contributed by atoms with Crippen LogP contribution in [0.3, 0.4) is 0 Å². The average Bonchev–Trinajstić information content (AvgIpc) is 2.67. The van der Waals surface area contributed by atoms with Crippen molar-refractivity contribution >= 4 is 5.91 Å². The molecule has 0 aliphatic rings. The van der Waals surface area contributed by atoms with Gasteiger partial charge in [-0.05, 0) is 0 Å². The first-order valence-corrected chi connectivity index (χ1v) is 4.39. The van der Waals surface area contributed by atoms with Gasteiger partial charge in [-0.1, -0.05) is 30.3 Å². The fourth-order valence-electron chi connectivity index (χ4n) is 1.36. The van der Waals surface area contributed by atoms with Gasteiger partial charge in [-0.2, -0.15) is 0 Å². The summed E-state index contributed by atoms with van der Waals surface area (Å²) in [5.74, 6) is 0.666. The van der Waals surface area contributed by atoms with Gasteiger partial charge in [0.25, 0.3) is 0 Å². The first kappa shape index (κ1) is 8.69. The van der Waals surface area contributed by atoms with Crippen molar-refractivity contribution in [2.45, 2.75) is 6.92 Å². The molecule has 1 aromatic carbocycles. The lowest BCUT2D eigenvalue weighted by Gasteiger charge is -2.02. The van der Waals surface area contributed by atoms with Crippen LogP contribution in [0.1, 0.15) is 11.7 Å². The lowest BCUT2D eigenvalue weighted by molar-refractivity contribution is 0.0938. The van der Waals surface area contributed by atoms with Gasteiger partial charge in [0, 0.05) is 24.9 Å². The fourth-order valence-corrected chi connectivity index (χ4v) is 1.36. The standard InChI is InChI=1S/C11H10N2O/c1-9(14)13-8-7-12-11(13)10-5-3-2-4-6-10/h2-8H,1H3. The molecule has 1 heterocycles. The zero-order chi connectivity index (χ0) is 9.97. The molecule has 2 rings (SSSR count). The number of hydrogen-bond acceptors (Lipinski definition) is 2. The predicted molar refractivity (Wildman–Crippen MR) is 54.0 cm³/mol. The summed E-state index contributed by atoms with van der Waals surface area (Å²) in [6.45, 7) is 1.52. The predicted octanol–water partition coefficient (Wildman–Crippen LogP) is 2.21. The average molecular weight is 186 g/mol. The lowest BCUT2D eigenvalue weighted by Crippen LogP contribution is -2.05. The van der Waals surface area contributed by atoms with E-state index in [9.17, 15) is 4.79 Å². The monoisotopic (exact) mass is 186 g/mol. The molecule has 70 valence electrons.